The van der Waals surface area contributed by atoms with Gasteiger partial charge in [0.25, 0.3) is 0 Å². The molecule has 0 aliphatic heterocycles. The number of hydrogen-bond acceptors (Lipinski definition) is 5. The van der Waals surface area contributed by atoms with Crippen LogP contribution in [-0.4, -0.2) is 20.3 Å². The van der Waals surface area contributed by atoms with Gasteiger partial charge in [-0.3, -0.25) is 0 Å². The van der Waals surface area contributed by atoms with Gasteiger partial charge in [-0.1, -0.05) is 48.5 Å². The summed E-state index contributed by atoms with van der Waals surface area (Å²) < 4.78 is 4.53. The zero-order valence-electron chi connectivity index (χ0n) is 11.1. The van der Waals surface area contributed by atoms with E-state index in [0.29, 0.717) is 11.5 Å². The molecule has 2 aromatic carbocycles. The average Bonchev–Trinajstić information content (AvgIpc) is 3.11. The van der Waals surface area contributed by atoms with Crippen LogP contribution in [0.4, 0.5) is 0 Å². The van der Waals surface area contributed by atoms with E-state index in [1.807, 2.05) is 0 Å². The summed E-state index contributed by atoms with van der Waals surface area (Å²) in [6, 6.07) is 18.4. The van der Waals surface area contributed by atoms with E-state index in [9.17, 15) is 0 Å². The fraction of sp³-hybridized carbons (Fsp3) is 0. The molecule has 0 saturated heterocycles. The van der Waals surface area contributed by atoms with Gasteiger partial charge in [-0.05, 0) is 16.8 Å². The molecule has 5 nitrogen and oxygen atoms in total. The van der Waals surface area contributed by atoms with E-state index in [4.69, 9.17) is 0 Å². The van der Waals surface area contributed by atoms with Gasteiger partial charge in [-0.2, -0.15) is 0 Å². The Morgan fingerprint density at radius 3 is 1.76 bits per heavy atom. The van der Waals surface area contributed by atoms with Gasteiger partial charge in [0.15, 0.2) is 17.8 Å². The van der Waals surface area contributed by atoms with Crippen LogP contribution in [0.5, 0.6) is 0 Å². The van der Waals surface area contributed by atoms with Crippen molar-refractivity contribution in [1.29, 1.82) is 0 Å². The van der Waals surface area contributed by atoms with Crippen molar-refractivity contribution in [1.82, 2.24) is 20.3 Å². The second-order valence-corrected chi connectivity index (χ2v) is 4.21. The topological polar surface area (TPSA) is 64.7 Å². The van der Waals surface area contributed by atoms with Crippen LogP contribution in [0.2, 0.25) is 0 Å². The van der Waals surface area contributed by atoms with Crippen LogP contribution in [-0.2, 0) is 0 Å². The Hall–Kier alpha value is -3.08. The first-order chi connectivity index (χ1) is 10.4. The molecule has 0 atom stereocenters. The summed E-state index contributed by atoms with van der Waals surface area (Å²) in [4.78, 5) is 7.90. The summed E-state index contributed by atoms with van der Waals surface area (Å²) in [6.45, 7) is 0. The molecule has 0 bridgehead atoms. The lowest BCUT2D eigenvalue weighted by atomic mass is 10.1. The van der Waals surface area contributed by atoms with Gasteiger partial charge in [0.2, 0.25) is 0 Å². The van der Waals surface area contributed by atoms with Crippen molar-refractivity contribution in [2.24, 2.45) is 0 Å². The second kappa shape index (κ2) is 6.38. The van der Waals surface area contributed by atoms with Crippen LogP contribution in [0.15, 0.2) is 77.8 Å². The number of nitrogens with zero attached hydrogens (tertiary/aromatic N) is 4. The van der Waals surface area contributed by atoms with E-state index >= 15 is 0 Å². The Kier molecular flexibility index (Phi) is 3.93. The lowest BCUT2D eigenvalue weighted by molar-refractivity contribution is 0.393. The summed E-state index contributed by atoms with van der Waals surface area (Å²) in [5.41, 5.74) is 0.547. The van der Waals surface area contributed by atoms with Gasteiger partial charge in [0.05, 0.1) is 0 Å². The van der Waals surface area contributed by atoms with Crippen LogP contribution in [0.1, 0.15) is 0 Å². The number of hydrogen-bond donors (Lipinski definition) is 0. The smallest absolute Gasteiger partial charge is 0.183 e. The predicted molar refractivity (Wildman–Crippen MR) is 79.3 cm³/mol. The highest BCUT2D eigenvalue weighted by atomic mass is 16.5. The quantitative estimate of drug-likeness (QED) is 0.533. The third kappa shape index (κ3) is 3.27. The largest absolute Gasteiger partial charge is 0.345 e. The van der Waals surface area contributed by atoms with E-state index in [0.717, 1.165) is 0 Å². The molecular formula is C16H12N4O. The monoisotopic (exact) mass is 276 g/mol. The maximum Gasteiger partial charge on any atom is 0.183 e. The second-order valence-electron chi connectivity index (χ2n) is 4.21. The van der Waals surface area contributed by atoms with E-state index < -0.39 is 0 Å². The van der Waals surface area contributed by atoms with Crippen molar-refractivity contribution < 1.29 is 4.52 Å². The Morgan fingerprint density at radius 2 is 1.29 bits per heavy atom. The Balaban J connectivity index is 0.000000126. The maximum absolute atomic E-state index is 4.53. The normalized spacial score (nSPS) is 9.90. The molecule has 21 heavy (non-hydrogen) atoms. The summed E-state index contributed by atoms with van der Waals surface area (Å²) in [6.07, 6.45) is 4.67. The summed E-state index contributed by atoms with van der Waals surface area (Å²) in [5.74, 6) is 0.522. The lowest BCUT2D eigenvalue weighted by Crippen LogP contribution is -1.85. The Labute approximate surface area is 121 Å². The molecule has 0 amide bonds. The molecule has 4 rings (SSSR count). The minimum absolute atomic E-state index is 0.522. The standard InChI is InChI=1S/C10H8.C6H4N4O/c1-2-6-10-8-4-3-7-9(10)5-1;1-2-7-6(8-3-1)5-4-11-10-9-5/h1-8H;1-4H. The molecule has 2 aromatic heterocycles. The van der Waals surface area contributed by atoms with Crippen molar-refractivity contribution >= 4 is 10.8 Å². The fourth-order valence-electron chi connectivity index (χ4n) is 1.83. The van der Waals surface area contributed by atoms with Crippen molar-refractivity contribution in [2.45, 2.75) is 0 Å². The molecule has 4 aromatic rings. The molecule has 0 spiro atoms. The summed E-state index contributed by atoms with van der Waals surface area (Å²) in [7, 11) is 0. The maximum atomic E-state index is 4.53. The van der Waals surface area contributed by atoms with Crippen molar-refractivity contribution in [3.8, 4) is 11.5 Å². The van der Waals surface area contributed by atoms with Crippen molar-refractivity contribution in [2.75, 3.05) is 0 Å². The van der Waals surface area contributed by atoms with Crippen LogP contribution in [0.3, 0.4) is 0 Å². The highest BCUT2D eigenvalue weighted by molar-refractivity contribution is 5.81. The zero-order chi connectivity index (χ0) is 14.3. The highest BCUT2D eigenvalue weighted by Crippen LogP contribution is 2.11. The molecule has 0 fully saturated rings. The first kappa shape index (κ1) is 12.9. The number of aromatic nitrogens is 4. The van der Waals surface area contributed by atoms with Crippen molar-refractivity contribution in [3.05, 3.63) is 73.3 Å². The fourth-order valence-corrected chi connectivity index (χ4v) is 1.83. The molecule has 0 aliphatic carbocycles. The van der Waals surface area contributed by atoms with E-state index in [-0.39, 0.29) is 0 Å². The predicted octanol–water partition coefficient (Wildman–Crippen LogP) is 3.37. The Bertz CT molecular complexity index is 735. The molecule has 2 heterocycles. The minimum atomic E-state index is 0.522. The molecule has 0 unspecified atom stereocenters. The van der Waals surface area contributed by atoms with Crippen LogP contribution < -0.4 is 0 Å². The molecule has 0 N–H and O–H groups in total. The highest BCUT2D eigenvalue weighted by Gasteiger charge is 2.02. The van der Waals surface area contributed by atoms with Gasteiger partial charge in [-0.15, -0.1) is 5.10 Å². The van der Waals surface area contributed by atoms with E-state index in [2.05, 4.69) is 73.4 Å². The SMILES string of the molecule is c1ccc2ccccc2c1.c1cnc(-c2conn2)nc1. The summed E-state index contributed by atoms with van der Waals surface area (Å²) >= 11 is 0. The van der Waals surface area contributed by atoms with Crippen LogP contribution in [0, 0.1) is 0 Å². The van der Waals surface area contributed by atoms with Gasteiger partial charge < -0.3 is 4.52 Å². The van der Waals surface area contributed by atoms with Gasteiger partial charge >= 0.3 is 0 Å². The number of rotatable bonds is 1. The van der Waals surface area contributed by atoms with Crippen LogP contribution >= 0.6 is 0 Å². The molecule has 0 radical (unpaired) electrons. The van der Waals surface area contributed by atoms with Crippen LogP contribution in [0.25, 0.3) is 22.3 Å². The molecule has 0 saturated carbocycles. The number of benzene rings is 2. The van der Waals surface area contributed by atoms with E-state index in [1.54, 1.807) is 18.5 Å². The lowest BCUT2D eigenvalue weighted by Gasteiger charge is -1.92. The van der Waals surface area contributed by atoms with Crippen molar-refractivity contribution in [3.63, 3.8) is 0 Å². The van der Waals surface area contributed by atoms with Gasteiger partial charge in [0, 0.05) is 17.7 Å². The van der Waals surface area contributed by atoms with Gasteiger partial charge in [-0.25, -0.2) is 9.97 Å². The zero-order valence-corrected chi connectivity index (χ0v) is 11.1. The Morgan fingerprint density at radius 1 is 0.714 bits per heavy atom. The van der Waals surface area contributed by atoms with E-state index in [1.165, 1.54) is 17.0 Å². The third-order valence-electron chi connectivity index (χ3n) is 2.81. The third-order valence-corrected chi connectivity index (χ3v) is 2.81. The molecule has 5 heteroatoms. The minimum Gasteiger partial charge on any atom is -0.345 e. The number of fused-ring (bicyclic) bond motifs is 1. The van der Waals surface area contributed by atoms with Gasteiger partial charge in [0.1, 0.15) is 0 Å². The molecular weight excluding hydrogens is 264 g/mol. The molecule has 0 aliphatic rings. The summed E-state index contributed by atoms with van der Waals surface area (Å²) in [5, 5.41) is 9.56. The first-order valence-electron chi connectivity index (χ1n) is 6.42. The first-order valence-corrected chi connectivity index (χ1v) is 6.42. The average molecular weight is 276 g/mol. The molecule has 102 valence electrons.